The lowest BCUT2D eigenvalue weighted by atomic mass is 9.97. The van der Waals surface area contributed by atoms with Crippen LogP contribution in [0, 0.1) is 0 Å². The molecule has 1 N–H and O–H groups in total. The molecule has 3 aromatic rings. The van der Waals surface area contributed by atoms with Crippen molar-refractivity contribution in [3.63, 3.8) is 0 Å². The maximum Gasteiger partial charge on any atom is 0.101 e. The monoisotopic (exact) mass is 356 g/mol. The molecule has 0 radical (unpaired) electrons. The quantitative estimate of drug-likeness (QED) is 0.775. The Morgan fingerprint density at radius 3 is 3.16 bits per heavy atom. The second kappa shape index (κ2) is 7.12. The Morgan fingerprint density at radius 2 is 2.32 bits per heavy atom. The van der Waals surface area contributed by atoms with Crippen molar-refractivity contribution in [1.82, 2.24) is 20.1 Å². The van der Waals surface area contributed by atoms with Crippen LogP contribution in [0.25, 0.3) is 10.9 Å². The molecule has 0 amide bonds. The third kappa shape index (κ3) is 3.54. The van der Waals surface area contributed by atoms with E-state index in [0.29, 0.717) is 6.54 Å². The van der Waals surface area contributed by atoms with Crippen molar-refractivity contribution in [2.75, 3.05) is 6.61 Å². The Labute approximate surface area is 152 Å². The van der Waals surface area contributed by atoms with Gasteiger partial charge in [-0.25, -0.2) is 0 Å². The van der Waals surface area contributed by atoms with Crippen molar-refractivity contribution in [3.8, 4) is 0 Å². The van der Waals surface area contributed by atoms with E-state index in [1.165, 1.54) is 0 Å². The van der Waals surface area contributed by atoms with Crippen LogP contribution in [0.5, 0.6) is 0 Å². The van der Waals surface area contributed by atoms with Crippen LogP contribution in [0.1, 0.15) is 30.1 Å². The van der Waals surface area contributed by atoms with Crippen LogP contribution in [0.3, 0.4) is 0 Å². The predicted molar refractivity (Wildman–Crippen MR) is 98.5 cm³/mol. The number of benzene rings is 1. The number of rotatable bonds is 4. The van der Waals surface area contributed by atoms with Gasteiger partial charge in [0.05, 0.1) is 11.7 Å². The standard InChI is InChI=1S/C19H21ClN4O/c1-24-12-15(11-23-24)19-17(5-3-7-25-19)22-10-14-9-16(20)8-13-4-2-6-21-18(13)14/h2,4,6,8-9,11-12,17,19,22H,3,5,7,10H2,1H3/t17-,19+/m0/s1. The van der Waals surface area contributed by atoms with Gasteiger partial charge in [0.1, 0.15) is 6.10 Å². The van der Waals surface area contributed by atoms with Gasteiger partial charge in [0, 0.05) is 54.6 Å². The Morgan fingerprint density at radius 1 is 1.40 bits per heavy atom. The summed E-state index contributed by atoms with van der Waals surface area (Å²) in [6, 6.07) is 8.17. The number of nitrogens with one attached hydrogen (secondary N) is 1. The molecule has 0 spiro atoms. The molecule has 2 aromatic heterocycles. The first-order valence-electron chi connectivity index (χ1n) is 8.57. The third-order valence-corrected chi connectivity index (χ3v) is 4.90. The van der Waals surface area contributed by atoms with Gasteiger partial charge in [-0.05, 0) is 36.6 Å². The molecule has 5 nitrogen and oxygen atoms in total. The van der Waals surface area contributed by atoms with Gasteiger partial charge in [-0.2, -0.15) is 5.10 Å². The molecule has 0 aliphatic carbocycles. The smallest absolute Gasteiger partial charge is 0.101 e. The van der Waals surface area contributed by atoms with Crippen molar-refractivity contribution in [2.45, 2.75) is 31.5 Å². The summed E-state index contributed by atoms with van der Waals surface area (Å²) in [5, 5.41) is 9.74. The number of hydrogen-bond acceptors (Lipinski definition) is 4. The van der Waals surface area contributed by atoms with Gasteiger partial charge in [0.2, 0.25) is 0 Å². The zero-order valence-electron chi connectivity index (χ0n) is 14.2. The molecule has 25 heavy (non-hydrogen) atoms. The van der Waals surface area contributed by atoms with Crippen molar-refractivity contribution in [1.29, 1.82) is 0 Å². The van der Waals surface area contributed by atoms with Gasteiger partial charge >= 0.3 is 0 Å². The first-order chi connectivity index (χ1) is 12.2. The van der Waals surface area contributed by atoms with E-state index < -0.39 is 0 Å². The lowest BCUT2D eigenvalue weighted by molar-refractivity contribution is -0.0112. The number of aryl methyl sites for hydroxylation is 1. The molecule has 1 aliphatic rings. The summed E-state index contributed by atoms with van der Waals surface area (Å²) in [5.74, 6) is 0. The maximum atomic E-state index is 6.28. The normalized spacial score (nSPS) is 20.9. The molecule has 1 aliphatic heterocycles. The van der Waals surface area contributed by atoms with Gasteiger partial charge in [-0.15, -0.1) is 0 Å². The second-order valence-electron chi connectivity index (χ2n) is 6.51. The predicted octanol–water partition coefficient (Wildman–Crippen LogP) is 3.63. The molecule has 130 valence electrons. The zero-order chi connectivity index (χ0) is 17.2. The number of hydrogen-bond donors (Lipinski definition) is 1. The minimum absolute atomic E-state index is 0.0286. The lowest BCUT2D eigenvalue weighted by Gasteiger charge is -2.32. The van der Waals surface area contributed by atoms with E-state index in [9.17, 15) is 0 Å². The van der Waals surface area contributed by atoms with E-state index >= 15 is 0 Å². The number of aromatic nitrogens is 3. The van der Waals surface area contributed by atoms with Gasteiger partial charge in [-0.3, -0.25) is 9.67 Å². The fraction of sp³-hybridized carbons (Fsp3) is 0.368. The van der Waals surface area contributed by atoms with Gasteiger partial charge in [0.15, 0.2) is 0 Å². The number of ether oxygens (including phenoxy) is 1. The highest BCUT2D eigenvalue weighted by Gasteiger charge is 2.28. The molecule has 1 saturated heterocycles. The summed E-state index contributed by atoms with van der Waals surface area (Å²) in [4.78, 5) is 4.52. The molecule has 4 rings (SSSR count). The number of fused-ring (bicyclic) bond motifs is 1. The third-order valence-electron chi connectivity index (χ3n) is 4.68. The Bertz CT molecular complexity index is 879. The average Bonchev–Trinajstić information content (AvgIpc) is 3.06. The Balaban J connectivity index is 1.55. The molecule has 2 atom stereocenters. The molecule has 0 bridgehead atoms. The van der Waals surface area contributed by atoms with E-state index in [2.05, 4.69) is 15.4 Å². The molecule has 6 heteroatoms. The fourth-order valence-electron chi connectivity index (χ4n) is 3.51. The van der Waals surface area contributed by atoms with Gasteiger partial charge in [-0.1, -0.05) is 17.7 Å². The number of pyridine rings is 1. The van der Waals surface area contributed by atoms with Crippen LogP contribution in [0.15, 0.2) is 42.9 Å². The molecule has 0 saturated carbocycles. The second-order valence-corrected chi connectivity index (χ2v) is 6.94. The van der Waals surface area contributed by atoms with Crippen molar-refractivity contribution in [2.24, 2.45) is 7.05 Å². The van der Waals surface area contributed by atoms with E-state index in [-0.39, 0.29) is 12.1 Å². The van der Waals surface area contributed by atoms with Crippen LogP contribution < -0.4 is 5.32 Å². The van der Waals surface area contributed by atoms with E-state index in [0.717, 1.165) is 46.5 Å². The number of halogens is 1. The number of nitrogens with zero attached hydrogens (tertiary/aromatic N) is 3. The molecule has 3 heterocycles. The van der Waals surface area contributed by atoms with E-state index in [1.54, 1.807) is 0 Å². The van der Waals surface area contributed by atoms with Crippen molar-refractivity contribution < 1.29 is 4.74 Å². The Kier molecular flexibility index (Phi) is 4.70. The van der Waals surface area contributed by atoms with E-state index in [1.807, 2.05) is 54.6 Å². The fourth-order valence-corrected chi connectivity index (χ4v) is 3.76. The first kappa shape index (κ1) is 16.5. The van der Waals surface area contributed by atoms with Gasteiger partial charge in [0.25, 0.3) is 0 Å². The average molecular weight is 357 g/mol. The highest BCUT2D eigenvalue weighted by Crippen LogP contribution is 2.29. The van der Waals surface area contributed by atoms with E-state index in [4.69, 9.17) is 16.3 Å². The van der Waals surface area contributed by atoms with Crippen LogP contribution in [-0.2, 0) is 18.3 Å². The van der Waals surface area contributed by atoms with Crippen LogP contribution >= 0.6 is 11.6 Å². The van der Waals surface area contributed by atoms with Gasteiger partial charge < -0.3 is 10.1 Å². The lowest BCUT2D eigenvalue weighted by Crippen LogP contribution is -2.39. The van der Waals surface area contributed by atoms with Crippen LogP contribution in [-0.4, -0.2) is 27.4 Å². The first-order valence-corrected chi connectivity index (χ1v) is 8.95. The summed E-state index contributed by atoms with van der Waals surface area (Å²) in [7, 11) is 1.93. The zero-order valence-corrected chi connectivity index (χ0v) is 14.9. The Hall–Kier alpha value is -1.95. The topological polar surface area (TPSA) is 52.0 Å². The highest BCUT2D eigenvalue weighted by molar-refractivity contribution is 6.31. The summed E-state index contributed by atoms with van der Waals surface area (Å²) >= 11 is 6.28. The molecule has 0 unspecified atom stereocenters. The SMILES string of the molecule is Cn1cc([C@H]2OCCC[C@@H]2NCc2cc(Cl)cc3cccnc23)cn1. The molecular weight excluding hydrogens is 336 g/mol. The largest absolute Gasteiger partial charge is 0.372 e. The van der Waals surface area contributed by atoms with Crippen molar-refractivity contribution in [3.05, 3.63) is 59.0 Å². The van der Waals surface area contributed by atoms with Crippen LogP contribution in [0.2, 0.25) is 5.02 Å². The summed E-state index contributed by atoms with van der Waals surface area (Å²) in [5.41, 5.74) is 3.22. The van der Waals surface area contributed by atoms with Crippen LogP contribution in [0.4, 0.5) is 0 Å². The highest BCUT2D eigenvalue weighted by atomic mass is 35.5. The minimum Gasteiger partial charge on any atom is -0.372 e. The molecule has 1 fully saturated rings. The molecule has 1 aromatic carbocycles. The molecular formula is C19H21ClN4O. The summed E-state index contributed by atoms with van der Waals surface area (Å²) in [6.45, 7) is 1.50. The summed E-state index contributed by atoms with van der Waals surface area (Å²) < 4.78 is 7.85. The van der Waals surface area contributed by atoms with Crippen molar-refractivity contribution >= 4 is 22.5 Å². The minimum atomic E-state index is 0.0286. The maximum absolute atomic E-state index is 6.28. The summed E-state index contributed by atoms with van der Waals surface area (Å²) in [6.07, 6.45) is 7.90.